The van der Waals surface area contributed by atoms with Crippen molar-refractivity contribution >= 4 is 35.0 Å². The molecule has 0 aliphatic rings. The predicted octanol–water partition coefficient (Wildman–Crippen LogP) is 4.42. The second kappa shape index (κ2) is 9.96. The van der Waals surface area contributed by atoms with Crippen LogP contribution in [-0.4, -0.2) is 30.0 Å². The Morgan fingerprint density at radius 3 is 2.81 bits per heavy atom. The van der Waals surface area contributed by atoms with Crippen LogP contribution in [0, 0.1) is 0 Å². The molecule has 0 aliphatic heterocycles. The molecule has 3 nitrogen and oxygen atoms in total. The number of anilines is 1. The van der Waals surface area contributed by atoms with Gasteiger partial charge < -0.3 is 10.6 Å². The molecular formula is C16H25ClN2OS. The van der Waals surface area contributed by atoms with Crippen LogP contribution in [0.4, 0.5) is 5.69 Å². The van der Waals surface area contributed by atoms with E-state index in [0.29, 0.717) is 10.6 Å². The molecule has 0 aromatic heterocycles. The van der Waals surface area contributed by atoms with Crippen LogP contribution < -0.4 is 10.6 Å². The molecule has 1 atom stereocenters. The maximum absolute atomic E-state index is 12.4. The summed E-state index contributed by atoms with van der Waals surface area (Å²) in [6.07, 6.45) is 1.98. The number of thioether (sulfide) groups is 1. The van der Waals surface area contributed by atoms with Gasteiger partial charge in [-0.2, -0.15) is 11.8 Å². The highest BCUT2D eigenvalue weighted by Crippen LogP contribution is 2.21. The zero-order chi connectivity index (χ0) is 15.7. The van der Waals surface area contributed by atoms with E-state index in [2.05, 4.69) is 24.5 Å². The van der Waals surface area contributed by atoms with Gasteiger partial charge in [-0.15, -0.1) is 0 Å². The molecule has 0 aliphatic carbocycles. The molecule has 0 saturated heterocycles. The number of carbonyl (C=O) groups excluding carboxylic acids is 1. The van der Waals surface area contributed by atoms with Crippen molar-refractivity contribution in [3.8, 4) is 0 Å². The Morgan fingerprint density at radius 1 is 1.38 bits per heavy atom. The van der Waals surface area contributed by atoms with E-state index in [9.17, 15) is 4.79 Å². The molecule has 1 amide bonds. The number of halogens is 1. The topological polar surface area (TPSA) is 41.1 Å². The summed E-state index contributed by atoms with van der Waals surface area (Å²) in [5, 5.41) is 6.90. The maximum atomic E-state index is 12.4. The Labute approximate surface area is 137 Å². The number of hydrogen-bond acceptors (Lipinski definition) is 3. The second-order valence-electron chi connectivity index (χ2n) is 4.98. The average Bonchev–Trinajstić information content (AvgIpc) is 2.46. The van der Waals surface area contributed by atoms with Crippen LogP contribution in [-0.2, 0) is 0 Å². The summed E-state index contributed by atoms with van der Waals surface area (Å²) in [5.74, 6) is 2.11. The zero-order valence-electron chi connectivity index (χ0n) is 13.0. The minimum Gasteiger partial charge on any atom is -0.384 e. The van der Waals surface area contributed by atoms with Crippen LogP contribution >= 0.6 is 23.4 Å². The summed E-state index contributed by atoms with van der Waals surface area (Å²) in [6.45, 7) is 7.12. The first-order chi connectivity index (χ1) is 10.1. The molecule has 1 aromatic rings. The van der Waals surface area contributed by atoms with Crippen molar-refractivity contribution in [1.82, 2.24) is 5.32 Å². The smallest absolute Gasteiger partial charge is 0.253 e. The fourth-order valence-electron chi connectivity index (χ4n) is 1.90. The van der Waals surface area contributed by atoms with Crippen LogP contribution in [0.25, 0.3) is 0 Å². The molecule has 0 spiro atoms. The van der Waals surface area contributed by atoms with Gasteiger partial charge in [0, 0.05) is 23.3 Å². The molecule has 1 unspecified atom stereocenters. The van der Waals surface area contributed by atoms with Gasteiger partial charge in [0.1, 0.15) is 0 Å². The van der Waals surface area contributed by atoms with E-state index in [1.54, 1.807) is 12.1 Å². The van der Waals surface area contributed by atoms with E-state index in [4.69, 9.17) is 11.6 Å². The average molecular weight is 329 g/mol. The highest BCUT2D eigenvalue weighted by atomic mass is 35.5. The molecule has 1 aromatic carbocycles. The quantitative estimate of drug-likeness (QED) is 0.659. The van der Waals surface area contributed by atoms with E-state index in [1.165, 1.54) is 0 Å². The lowest BCUT2D eigenvalue weighted by molar-refractivity contribution is 0.0940. The van der Waals surface area contributed by atoms with Gasteiger partial charge in [-0.05, 0) is 49.5 Å². The molecule has 21 heavy (non-hydrogen) atoms. The molecule has 2 N–H and O–H groups in total. The minimum atomic E-state index is -0.0647. The minimum absolute atomic E-state index is 0.0647. The third-order valence-electron chi connectivity index (χ3n) is 3.07. The SMILES string of the molecule is CCCNc1ccc(Cl)cc1C(=O)NC(C)CCSCC. The van der Waals surface area contributed by atoms with E-state index in [1.807, 2.05) is 24.8 Å². The highest BCUT2D eigenvalue weighted by molar-refractivity contribution is 7.99. The Balaban J connectivity index is 2.69. The van der Waals surface area contributed by atoms with E-state index in [-0.39, 0.29) is 11.9 Å². The van der Waals surface area contributed by atoms with Gasteiger partial charge in [-0.1, -0.05) is 25.4 Å². The first-order valence-electron chi connectivity index (χ1n) is 7.50. The van der Waals surface area contributed by atoms with Gasteiger partial charge in [0.15, 0.2) is 0 Å². The third-order valence-corrected chi connectivity index (χ3v) is 4.24. The normalized spacial score (nSPS) is 12.0. The van der Waals surface area contributed by atoms with Crippen molar-refractivity contribution in [3.63, 3.8) is 0 Å². The molecule has 5 heteroatoms. The summed E-state index contributed by atoms with van der Waals surface area (Å²) in [6, 6.07) is 5.56. The summed E-state index contributed by atoms with van der Waals surface area (Å²) < 4.78 is 0. The molecule has 0 bridgehead atoms. The van der Waals surface area contributed by atoms with Crippen molar-refractivity contribution in [2.24, 2.45) is 0 Å². The maximum Gasteiger partial charge on any atom is 0.253 e. The fraction of sp³-hybridized carbons (Fsp3) is 0.562. The fourth-order valence-corrected chi connectivity index (χ4v) is 2.88. The summed E-state index contributed by atoms with van der Waals surface area (Å²) in [4.78, 5) is 12.4. The van der Waals surface area contributed by atoms with Crippen molar-refractivity contribution in [3.05, 3.63) is 28.8 Å². The highest BCUT2D eigenvalue weighted by Gasteiger charge is 2.14. The van der Waals surface area contributed by atoms with Gasteiger partial charge in [-0.3, -0.25) is 4.79 Å². The number of benzene rings is 1. The number of hydrogen-bond donors (Lipinski definition) is 2. The van der Waals surface area contributed by atoms with Crippen LogP contribution in [0.3, 0.4) is 0 Å². The number of nitrogens with one attached hydrogen (secondary N) is 2. The van der Waals surface area contributed by atoms with E-state index < -0.39 is 0 Å². The monoisotopic (exact) mass is 328 g/mol. The zero-order valence-corrected chi connectivity index (χ0v) is 14.6. The number of rotatable bonds is 9. The molecule has 0 saturated carbocycles. The molecule has 0 heterocycles. The van der Waals surface area contributed by atoms with Crippen molar-refractivity contribution in [2.45, 2.75) is 39.7 Å². The molecule has 118 valence electrons. The van der Waals surface area contributed by atoms with Crippen molar-refractivity contribution in [1.29, 1.82) is 0 Å². The second-order valence-corrected chi connectivity index (χ2v) is 6.81. The lowest BCUT2D eigenvalue weighted by atomic mass is 10.1. The molecule has 0 fully saturated rings. The van der Waals surface area contributed by atoms with Gasteiger partial charge in [0.05, 0.1) is 5.56 Å². The Morgan fingerprint density at radius 2 is 2.14 bits per heavy atom. The van der Waals surface area contributed by atoms with E-state index >= 15 is 0 Å². The first kappa shape index (κ1) is 18.2. The summed E-state index contributed by atoms with van der Waals surface area (Å²) in [5.41, 5.74) is 1.46. The Kier molecular flexibility index (Phi) is 8.62. The predicted molar refractivity (Wildman–Crippen MR) is 94.8 cm³/mol. The van der Waals surface area contributed by atoms with Crippen LogP contribution in [0.1, 0.15) is 44.0 Å². The summed E-state index contributed by atoms with van der Waals surface area (Å²) >= 11 is 7.91. The standard InChI is InChI=1S/C16H25ClN2OS/c1-4-9-18-15-7-6-13(17)11-14(15)16(20)19-12(3)8-10-21-5-2/h6-7,11-12,18H,4-5,8-10H2,1-3H3,(H,19,20). The van der Waals surface area contributed by atoms with E-state index in [0.717, 1.165) is 36.6 Å². The van der Waals surface area contributed by atoms with Crippen LogP contribution in [0.2, 0.25) is 5.02 Å². The summed E-state index contributed by atoms with van der Waals surface area (Å²) in [7, 11) is 0. The van der Waals surface area contributed by atoms with Crippen LogP contribution in [0.15, 0.2) is 18.2 Å². The Bertz CT molecular complexity index is 454. The van der Waals surface area contributed by atoms with Gasteiger partial charge >= 0.3 is 0 Å². The van der Waals surface area contributed by atoms with Gasteiger partial charge in [-0.25, -0.2) is 0 Å². The molecular weight excluding hydrogens is 304 g/mol. The largest absolute Gasteiger partial charge is 0.384 e. The first-order valence-corrected chi connectivity index (χ1v) is 9.03. The number of amides is 1. The molecule has 1 rings (SSSR count). The lowest BCUT2D eigenvalue weighted by Crippen LogP contribution is -2.33. The van der Waals surface area contributed by atoms with Crippen molar-refractivity contribution in [2.75, 3.05) is 23.4 Å². The van der Waals surface area contributed by atoms with Gasteiger partial charge in [0.2, 0.25) is 0 Å². The molecule has 0 radical (unpaired) electrons. The lowest BCUT2D eigenvalue weighted by Gasteiger charge is -2.16. The number of carbonyl (C=O) groups is 1. The Hall–Kier alpha value is -0.870. The van der Waals surface area contributed by atoms with Crippen LogP contribution in [0.5, 0.6) is 0 Å². The van der Waals surface area contributed by atoms with Crippen molar-refractivity contribution < 1.29 is 4.79 Å². The third kappa shape index (κ3) is 6.62. The van der Waals surface area contributed by atoms with Gasteiger partial charge in [0.25, 0.3) is 5.91 Å².